The third kappa shape index (κ3) is 3.72. The van der Waals surface area contributed by atoms with Crippen molar-refractivity contribution in [2.24, 2.45) is 15.2 Å². The first-order valence-electron chi connectivity index (χ1n) is 7.09. The molecule has 1 aromatic carbocycles. The standard InChI is InChI=1S/C15H11ClN4O4S/c1-2-24-11(21)6-10-13(22)18-15(25-10)20-19-12-8-5-7(16)3-4-9(8)17-14(12)23/h3-6,17,23H,2H2,1H3/b10-6+,20-19?. The predicted octanol–water partition coefficient (Wildman–Crippen LogP) is 3.69. The highest BCUT2D eigenvalue weighted by atomic mass is 35.5. The number of halogens is 1. The highest BCUT2D eigenvalue weighted by molar-refractivity contribution is 8.18. The van der Waals surface area contributed by atoms with Crippen LogP contribution in [0.1, 0.15) is 6.92 Å². The molecule has 1 aliphatic rings. The summed E-state index contributed by atoms with van der Waals surface area (Å²) in [6, 6.07) is 4.99. The number of hydrogen-bond donors (Lipinski definition) is 2. The van der Waals surface area contributed by atoms with Gasteiger partial charge in [0.25, 0.3) is 5.91 Å². The molecule has 1 aliphatic heterocycles. The Bertz CT molecular complexity index is 964. The van der Waals surface area contributed by atoms with Crippen molar-refractivity contribution in [2.75, 3.05) is 6.61 Å². The summed E-state index contributed by atoms with van der Waals surface area (Å²) in [7, 11) is 0. The topological polar surface area (TPSA) is 116 Å². The Kier molecular flexibility index (Phi) is 4.86. The molecule has 0 spiro atoms. The summed E-state index contributed by atoms with van der Waals surface area (Å²) in [6.07, 6.45) is 1.06. The summed E-state index contributed by atoms with van der Waals surface area (Å²) >= 11 is 6.84. The number of carbonyl (C=O) groups is 2. The largest absolute Gasteiger partial charge is 0.493 e. The number of H-pyrrole nitrogens is 1. The monoisotopic (exact) mass is 378 g/mol. The van der Waals surface area contributed by atoms with Crippen molar-refractivity contribution in [2.45, 2.75) is 6.92 Å². The second-order valence-electron chi connectivity index (χ2n) is 4.77. The fraction of sp³-hybridized carbons (Fsp3) is 0.133. The third-order valence-corrected chi connectivity index (χ3v) is 4.20. The number of amides is 1. The molecule has 1 amide bonds. The molecule has 0 saturated carbocycles. The summed E-state index contributed by atoms with van der Waals surface area (Å²) in [5.41, 5.74) is 0.812. The number of thioether (sulfide) groups is 1. The molecule has 0 bridgehead atoms. The van der Waals surface area contributed by atoms with Gasteiger partial charge in [0.1, 0.15) is 0 Å². The maximum absolute atomic E-state index is 11.8. The Labute approximate surface area is 150 Å². The molecule has 0 saturated heterocycles. The zero-order chi connectivity index (χ0) is 18.0. The quantitative estimate of drug-likeness (QED) is 0.480. The fourth-order valence-electron chi connectivity index (χ4n) is 2.06. The van der Waals surface area contributed by atoms with Crippen molar-refractivity contribution in [3.8, 4) is 5.88 Å². The minimum atomic E-state index is -0.629. The molecule has 3 rings (SSSR count). The average molecular weight is 379 g/mol. The van der Waals surface area contributed by atoms with Gasteiger partial charge < -0.3 is 14.8 Å². The first-order valence-corrected chi connectivity index (χ1v) is 8.28. The van der Waals surface area contributed by atoms with Gasteiger partial charge in [-0.3, -0.25) is 4.79 Å². The number of aliphatic imine (C=N–C) groups is 1. The van der Waals surface area contributed by atoms with Crippen molar-refractivity contribution in [3.05, 3.63) is 34.2 Å². The first kappa shape index (κ1) is 17.2. The van der Waals surface area contributed by atoms with Crippen molar-refractivity contribution >= 4 is 57.0 Å². The lowest BCUT2D eigenvalue weighted by molar-refractivity contribution is -0.137. The zero-order valence-corrected chi connectivity index (χ0v) is 14.4. The summed E-state index contributed by atoms with van der Waals surface area (Å²) in [5, 5.41) is 18.8. The number of aromatic nitrogens is 1. The van der Waals surface area contributed by atoms with Gasteiger partial charge in [-0.2, -0.15) is 4.99 Å². The molecule has 0 radical (unpaired) electrons. The number of esters is 1. The van der Waals surface area contributed by atoms with E-state index >= 15 is 0 Å². The SMILES string of the molecule is CCOC(=O)/C=C1/SC(N=Nc2c(O)[nH]c3ccc(Cl)cc23)=NC1=O. The highest BCUT2D eigenvalue weighted by Crippen LogP contribution is 2.37. The number of amidine groups is 1. The number of azo groups is 1. The van der Waals surface area contributed by atoms with E-state index in [1.54, 1.807) is 25.1 Å². The number of benzene rings is 1. The van der Waals surface area contributed by atoms with E-state index in [-0.39, 0.29) is 28.2 Å². The number of ether oxygens (including phenoxy) is 1. The number of aromatic amines is 1. The molecule has 0 fully saturated rings. The number of fused-ring (bicyclic) bond motifs is 1. The molecule has 0 unspecified atom stereocenters. The molecule has 25 heavy (non-hydrogen) atoms. The van der Waals surface area contributed by atoms with Crippen LogP contribution < -0.4 is 0 Å². The Morgan fingerprint density at radius 1 is 1.48 bits per heavy atom. The number of carbonyl (C=O) groups excluding carboxylic acids is 2. The Morgan fingerprint density at radius 2 is 2.28 bits per heavy atom. The van der Waals surface area contributed by atoms with Crippen LogP contribution in [0.15, 0.2) is 44.4 Å². The molecule has 2 aromatic rings. The maximum atomic E-state index is 11.8. The first-order chi connectivity index (χ1) is 12.0. The van der Waals surface area contributed by atoms with Gasteiger partial charge in [0.05, 0.1) is 17.0 Å². The van der Waals surface area contributed by atoms with Crippen molar-refractivity contribution < 1.29 is 19.4 Å². The lowest BCUT2D eigenvalue weighted by atomic mass is 10.2. The normalized spacial score (nSPS) is 16.2. The molecule has 2 heterocycles. The van der Waals surface area contributed by atoms with Crippen molar-refractivity contribution in [3.63, 3.8) is 0 Å². The molecule has 0 atom stereocenters. The summed E-state index contributed by atoms with van der Waals surface area (Å²) < 4.78 is 4.75. The number of aromatic hydroxyl groups is 1. The lowest BCUT2D eigenvalue weighted by Gasteiger charge is -1.95. The van der Waals surface area contributed by atoms with Gasteiger partial charge in [0.2, 0.25) is 11.0 Å². The van der Waals surface area contributed by atoms with Crippen LogP contribution in [0.3, 0.4) is 0 Å². The van der Waals surface area contributed by atoms with E-state index in [9.17, 15) is 14.7 Å². The molecule has 2 N–H and O–H groups in total. The summed E-state index contributed by atoms with van der Waals surface area (Å²) in [4.78, 5) is 29.7. The minimum Gasteiger partial charge on any atom is -0.493 e. The van der Waals surface area contributed by atoms with Gasteiger partial charge in [-0.15, -0.1) is 10.2 Å². The van der Waals surface area contributed by atoms with E-state index < -0.39 is 11.9 Å². The van der Waals surface area contributed by atoms with E-state index in [0.29, 0.717) is 15.9 Å². The van der Waals surface area contributed by atoms with Crippen molar-refractivity contribution in [1.82, 2.24) is 4.98 Å². The summed E-state index contributed by atoms with van der Waals surface area (Å²) in [5.74, 6) is -1.41. The van der Waals surface area contributed by atoms with Crippen LogP contribution in [0.5, 0.6) is 5.88 Å². The van der Waals surface area contributed by atoms with E-state index in [4.69, 9.17) is 16.3 Å². The van der Waals surface area contributed by atoms with Crippen LogP contribution in [-0.4, -0.2) is 33.7 Å². The van der Waals surface area contributed by atoms with Gasteiger partial charge in [-0.1, -0.05) is 11.6 Å². The predicted molar refractivity (Wildman–Crippen MR) is 94.2 cm³/mol. The van der Waals surface area contributed by atoms with Gasteiger partial charge >= 0.3 is 5.97 Å². The number of nitrogens with one attached hydrogen (secondary N) is 1. The molecule has 8 nitrogen and oxygen atoms in total. The molecular formula is C15H11ClN4O4S. The van der Waals surface area contributed by atoms with E-state index in [1.807, 2.05) is 0 Å². The van der Waals surface area contributed by atoms with Crippen LogP contribution in [0.2, 0.25) is 5.02 Å². The van der Waals surface area contributed by atoms with Crippen LogP contribution in [-0.2, 0) is 14.3 Å². The van der Waals surface area contributed by atoms with Crippen LogP contribution in [0.25, 0.3) is 10.9 Å². The van der Waals surface area contributed by atoms with Crippen LogP contribution in [0, 0.1) is 0 Å². The summed E-state index contributed by atoms with van der Waals surface area (Å²) in [6.45, 7) is 1.87. The number of hydrogen-bond acceptors (Lipinski definition) is 7. The Balaban J connectivity index is 1.83. The smallest absolute Gasteiger partial charge is 0.332 e. The second kappa shape index (κ2) is 7.08. The van der Waals surface area contributed by atoms with Gasteiger partial charge in [0, 0.05) is 16.5 Å². The molecule has 128 valence electrons. The van der Waals surface area contributed by atoms with Crippen LogP contribution in [0.4, 0.5) is 5.69 Å². The van der Waals surface area contributed by atoms with Crippen LogP contribution >= 0.6 is 23.4 Å². The van der Waals surface area contributed by atoms with Gasteiger partial charge in [0.15, 0.2) is 5.69 Å². The Morgan fingerprint density at radius 3 is 3.04 bits per heavy atom. The van der Waals surface area contributed by atoms with E-state index in [0.717, 1.165) is 17.8 Å². The average Bonchev–Trinajstić information content (AvgIpc) is 3.05. The maximum Gasteiger partial charge on any atom is 0.332 e. The van der Waals surface area contributed by atoms with E-state index in [1.165, 1.54) is 0 Å². The number of rotatable bonds is 3. The number of nitrogens with zero attached hydrogens (tertiary/aromatic N) is 3. The second-order valence-corrected chi connectivity index (χ2v) is 6.22. The molecule has 1 aromatic heterocycles. The molecule has 10 heteroatoms. The fourth-order valence-corrected chi connectivity index (χ4v) is 2.93. The third-order valence-electron chi connectivity index (χ3n) is 3.09. The Hall–Kier alpha value is -2.65. The van der Waals surface area contributed by atoms with Gasteiger partial charge in [-0.05, 0) is 36.9 Å². The zero-order valence-electron chi connectivity index (χ0n) is 12.8. The van der Waals surface area contributed by atoms with E-state index in [2.05, 4.69) is 20.2 Å². The molecular weight excluding hydrogens is 368 g/mol. The molecule has 0 aliphatic carbocycles. The lowest BCUT2D eigenvalue weighted by Crippen LogP contribution is -2.02. The van der Waals surface area contributed by atoms with Gasteiger partial charge in [-0.25, -0.2) is 4.79 Å². The minimum absolute atomic E-state index is 0.0522. The van der Waals surface area contributed by atoms with Crippen molar-refractivity contribution in [1.29, 1.82) is 0 Å². The highest BCUT2D eigenvalue weighted by Gasteiger charge is 2.23.